The van der Waals surface area contributed by atoms with Crippen molar-refractivity contribution in [2.24, 2.45) is 0 Å². The summed E-state index contributed by atoms with van der Waals surface area (Å²) in [5, 5.41) is 0. The van der Waals surface area contributed by atoms with E-state index in [4.69, 9.17) is 4.74 Å². The SMILES string of the molecule is C/C=C/C(=O)C(NS(=O)(=O)c1ccc(C)cc1)c1ccc(OC)cc1. The minimum atomic E-state index is -3.84. The number of hydrogen-bond donors (Lipinski definition) is 1. The van der Waals surface area contributed by atoms with Crippen LogP contribution in [0.2, 0.25) is 0 Å². The minimum Gasteiger partial charge on any atom is -0.497 e. The van der Waals surface area contributed by atoms with E-state index in [0.717, 1.165) is 5.56 Å². The summed E-state index contributed by atoms with van der Waals surface area (Å²) in [6, 6.07) is 12.2. The second kappa shape index (κ2) is 8.09. The molecule has 6 heteroatoms. The quantitative estimate of drug-likeness (QED) is 0.771. The van der Waals surface area contributed by atoms with Crippen LogP contribution in [-0.4, -0.2) is 21.3 Å². The van der Waals surface area contributed by atoms with Crippen molar-refractivity contribution < 1.29 is 17.9 Å². The van der Waals surface area contributed by atoms with Crippen molar-refractivity contribution in [2.45, 2.75) is 24.8 Å². The third kappa shape index (κ3) is 4.78. The minimum absolute atomic E-state index is 0.116. The van der Waals surface area contributed by atoms with Gasteiger partial charge in [0, 0.05) is 0 Å². The monoisotopic (exact) mass is 359 g/mol. The van der Waals surface area contributed by atoms with E-state index < -0.39 is 16.1 Å². The average molecular weight is 359 g/mol. The van der Waals surface area contributed by atoms with E-state index in [1.54, 1.807) is 49.4 Å². The number of sulfonamides is 1. The van der Waals surface area contributed by atoms with Gasteiger partial charge in [-0.15, -0.1) is 0 Å². The first kappa shape index (κ1) is 18.9. The molecule has 1 atom stereocenters. The molecular weight excluding hydrogens is 338 g/mol. The van der Waals surface area contributed by atoms with Crippen LogP contribution >= 0.6 is 0 Å². The van der Waals surface area contributed by atoms with E-state index in [2.05, 4.69) is 4.72 Å². The second-order valence-corrected chi connectivity index (χ2v) is 7.26. The summed E-state index contributed by atoms with van der Waals surface area (Å²) >= 11 is 0. The van der Waals surface area contributed by atoms with Crippen LogP contribution in [0.1, 0.15) is 24.1 Å². The maximum absolute atomic E-state index is 12.6. The van der Waals surface area contributed by atoms with E-state index in [9.17, 15) is 13.2 Å². The van der Waals surface area contributed by atoms with Crippen LogP contribution in [0.5, 0.6) is 5.75 Å². The summed E-state index contributed by atoms with van der Waals surface area (Å²) < 4.78 is 32.9. The lowest BCUT2D eigenvalue weighted by Gasteiger charge is -2.17. The molecule has 2 aromatic rings. The van der Waals surface area contributed by atoms with E-state index in [0.29, 0.717) is 11.3 Å². The molecule has 0 amide bonds. The predicted octanol–water partition coefficient (Wildman–Crippen LogP) is 3.17. The van der Waals surface area contributed by atoms with Gasteiger partial charge in [-0.1, -0.05) is 35.9 Å². The zero-order chi connectivity index (χ0) is 18.4. The van der Waals surface area contributed by atoms with Crippen LogP contribution in [0.15, 0.2) is 65.6 Å². The molecule has 0 spiro atoms. The number of hydrogen-bond acceptors (Lipinski definition) is 4. The molecule has 5 nitrogen and oxygen atoms in total. The molecule has 0 aliphatic carbocycles. The fraction of sp³-hybridized carbons (Fsp3) is 0.211. The van der Waals surface area contributed by atoms with Gasteiger partial charge in [-0.3, -0.25) is 4.79 Å². The van der Waals surface area contributed by atoms with Crippen molar-refractivity contribution in [2.75, 3.05) is 7.11 Å². The third-order valence-electron chi connectivity index (χ3n) is 3.67. The van der Waals surface area contributed by atoms with Crippen LogP contribution in [0, 0.1) is 6.92 Å². The van der Waals surface area contributed by atoms with Crippen molar-refractivity contribution >= 4 is 15.8 Å². The molecule has 0 bridgehead atoms. The molecule has 0 saturated carbocycles. The Morgan fingerprint density at radius 2 is 1.68 bits per heavy atom. The Hall–Kier alpha value is -2.44. The number of aryl methyl sites for hydroxylation is 1. The Kier molecular flexibility index (Phi) is 6.12. The number of ether oxygens (including phenoxy) is 1. The third-order valence-corrected chi connectivity index (χ3v) is 5.11. The second-order valence-electron chi connectivity index (χ2n) is 5.54. The van der Waals surface area contributed by atoms with Gasteiger partial charge in [0.15, 0.2) is 5.78 Å². The molecule has 2 rings (SSSR count). The molecule has 0 radical (unpaired) electrons. The molecule has 1 N–H and O–H groups in total. The molecule has 0 aliphatic rings. The number of carbonyl (C=O) groups excluding carboxylic acids is 1. The maximum Gasteiger partial charge on any atom is 0.241 e. The number of allylic oxidation sites excluding steroid dienone is 1. The molecule has 1 unspecified atom stereocenters. The number of benzene rings is 2. The molecule has 132 valence electrons. The van der Waals surface area contributed by atoms with Crippen LogP contribution in [0.25, 0.3) is 0 Å². The fourth-order valence-corrected chi connectivity index (χ4v) is 3.48. The van der Waals surface area contributed by atoms with Crippen LogP contribution in [-0.2, 0) is 14.8 Å². The number of rotatable bonds is 7. The van der Waals surface area contributed by atoms with Crippen molar-refractivity contribution in [3.8, 4) is 5.75 Å². The highest BCUT2D eigenvalue weighted by molar-refractivity contribution is 7.89. The zero-order valence-electron chi connectivity index (χ0n) is 14.4. The summed E-state index contributed by atoms with van der Waals surface area (Å²) in [6.45, 7) is 3.58. The van der Waals surface area contributed by atoms with Crippen molar-refractivity contribution in [1.29, 1.82) is 0 Å². The van der Waals surface area contributed by atoms with E-state index in [1.165, 1.54) is 25.3 Å². The Balaban J connectivity index is 2.38. The fourth-order valence-electron chi connectivity index (χ4n) is 2.29. The summed E-state index contributed by atoms with van der Waals surface area (Å²) in [5.74, 6) is 0.283. The number of carbonyl (C=O) groups is 1. The predicted molar refractivity (Wildman–Crippen MR) is 97.1 cm³/mol. The molecule has 0 aliphatic heterocycles. The van der Waals surface area contributed by atoms with Gasteiger partial charge in [-0.2, -0.15) is 4.72 Å². The molecule has 0 fully saturated rings. The highest BCUT2D eigenvalue weighted by Crippen LogP contribution is 2.22. The van der Waals surface area contributed by atoms with Crippen LogP contribution in [0.4, 0.5) is 0 Å². The lowest BCUT2D eigenvalue weighted by atomic mass is 10.0. The summed E-state index contributed by atoms with van der Waals surface area (Å²) in [4.78, 5) is 12.5. The van der Waals surface area contributed by atoms with Gasteiger partial charge in [0.1, 0.15) is 11.8 Å². The Bertz CT molecular complexity index is 853. The lowest BCUT2D eigenvalue weighted by Crippen LogP contribution is -2.33. The largest absolute Gasteiger partial charge is 0.497 e. The normalized spacial score (nSPS) is 12.9. The van der Waals surface area contributed by atoms with Gasteiger partial charge in [-0.25, -0.2) is 8.42 Å². The Morgan fingerprint density at radius 1 is 1.08 bits per heavy atom. The molecule has 2 aromatic carbocycles. The van der Waals surface area contributed by atoms with Gasteiger partial charge in [-0.05, 0) is 49.8 Å². The average Bonchev–Trinajstić information content (AvgIpc) is 2.60. The number of methoxy groups -OCH3 is 1. The Morgan fingerprint density at radius 3 is 2.20 bits per heavy atom. The summed E-state index contributed by atoms with van der Waals surface area (Å²) in [7, 11) is -2.30. The van der Waals surface area contributed by atoms with Crippen molar-refractivity contribution in [3.63, 3.8) is 0 Å². The van der Waals surface area contributed by atoms with Crippen molar-refractivity contribution in [1.82, 2.24) is 4.72 Å². The molecular formula is C19H21NO4S. The van der Waals surface area contributed by atoms with Gasteiger partial charge < -0.3 is 4.74 Å². The number of nitrogens with one attached hydrogen (secondary N) is 1. The first-order valence-electron chi connectivity index (χ1n) is 7.77. The van der Waals surface area contributed by atoms with Gasteiger partial charge in [0.2, 0.25) is 10.0 Å². The highest BCUT2D eigenvalue weighted by Gasteiger charge is 2.25. The lowest BCUT2D eigenvalue weighted by molar-refractivity contribution is -0.116. The first-order valence-corrected chi connectivity index (χ1v) is 9.25. The Labute approximate surface area is 148 Å². The van der Waals surface area contributed by atoms with Gasteiger partial charge in [0.25, 0.3) is 0 Å². The smallest absolute Gasteiger partial charge is 0.241 e. The van der Waals surface area contributed by atoms with Gasteiger partial charge >= 0.3 is 0 Å². The van der Waals surface area contributed by atoms with Gasteiger partial charge in [0.05, 0.1) is 12.0 Å². The molecule has 0 aromatic heterocycles. The van der Waals surface area contributed by atoms with Crippen molar-refractivity contribution in [3.05, 3.63) is 71.8 Å². The maximum atomic E-state index is 12.6. The molecule has 0 saturated heterocycles. The number of ketones is 1. The summed E-state index contributed by atoms with van der Waals surface area (Å²) in [6.07, 6.45) is 2.94. The van der Waals surface area contributed by atoms with E-state index in [-0.39, 0.29) is 10.7 Å². The highest BCUT2D eigenvalue weighted by atomic mass is 32.2. The topological polar surface area (TPSA) is 72.5 Å². The molecule has 25 heavy (non-hydrogen) atoms. The summed E-state index contributed by atoms with van der Waals surface area (Å²) in [5.41, 5.74) is 1.50. The zero-order valence-corrected chi connectivity index (χ0v) is 15.2. The van der Waals surface area contributed by atoms with Crippen LogP contribution < -0.4 is 9.46 Å². The molecule has 0 heterocycles. The van der Waals surface area contributed by atoms with E-state index in [1.807, 2.05) is 6.92 Å². The first-order chi connectivity index (χ1) is 11.9. The van der Waals surface area contributed by atoms with E-state index >= 15 is 0 Å². The van der Waals surface area contributed by atoms with Crippen LogP contribution in [0.3, 0.4) is 0 Å². The standard InChI is InChI=1S/C19H21NO4S/c1-4-5-18(21)19(15-8-10-16(24-3)11-9-15)20-25(22,23)17-12-6-14(2)7-13-17/h4-13,19-20H,1-3H3/b5-4+.